The highest BCUT2D eigenvalue weighted by Crippen LogP contribution is 2.07. The molecule has 0 aromatic heterocycles. The maximum absolute atomic E-state index is 11.2. The van der Waals surface area contributed by atoms with Gasteiger partial charge in [-0.1, -0.05) is 40.0 Å². The molecule has 0 spiro atoms. The number of carbonyl (C=O) groups excluding carboxylic acids is 1. The topological polar surface area (TPSA) is 38.3 Å². The van der Waals surface area contributed by atoms with Crippen molar-refractivity contribution < 1.29 is 9.53 Å². The Kier molecular flexibility index (Phi) is 9.30. The average Bonchev–Trinajstić information content (AvgIpc) is 2.31. The molecule has 0 rings (SSSR count). The van der Waals surface area contributed by atoms with E-state index in [-0.39, 0.29) is 11.9 Å². The molecule has 2 atom stereocenters. The predicted octanol–water partition coefficient (Wildman–Crippen LogP) is 2.74. The predicted molar refractivity (Wildman–Crippen MR) is 67.4 cm³/mol. The lowest BCUT2D eigenvalue weighted by atomic mass is 10.0. The normalized spacial score (nSPS) is 14.5. The van der Waals surface area contributed by atoms with E-state index in [2.05, 4.69) is 19.2 Å². The van der Waals surface area contributed by atoms with Gasteiger partial charge in [0.15, 0.2) is 0 Å². The number of ether oxygens (including phenoxy) is 1. The van der Waals surface area contributed by atoms with Crippen LogP contribution < -0.4 is 5.32 Å². The van der Waals surface area contributed by atoms with Crippen LogP contribution in [0.25, 0.3) is 0 Å². The number of unbranched alkanes of at least 4 members (excludes halogenated alkanes) is 1. The molecule has 0 aliphatic rings. The van der Waals surface area contributed by atoms with Gasteiger partial charge < -0.3 is 10.1 Å². The van der Waals surface area contributed by atoms with Crippen LogP contribution in [0.3, 0.4) is 0 Å². The Labute approximate surface area is 99.9 Å². The van der Waals surface area contributed by atoms with Gasteiger partial charge in [0, 0.05) is 12.6 Å². The van der Waals surface area contributed by atoms with E-state index in [0.29, 0.717) is 6.04 Å². The van der Waals surface area contributed by atoms with Gasteiger partial charge in [-0.25, -0.2) is 0 Å². The number of carbonyl (C=O) groups is 1. The standard InChI is InChI=1S/C13H27NO2/c1-5-7-9-12(8-6-2)14-10-11(3)13(15)16-4/h11-12,14H,5-10H2,1-4H3. The van der Waals surface area contributed by atoms with Crippen molar-refractivity contribution in [2.75, 3.05) is 13.7 Å². The third-order valence-electron chi connectivity index (χ3n) is 2.86. The first-order valence-electron chi connectivity index (χ1n) is 6.46. The molecule has 0 aromatic rings. The van der Waals surface area contributed by atoms with Gasteiger partial charge in [-0.3, -0.25) is 4.79 Å². The van der Waals surface area contributed by atoms with E-state index in [4.69, 9.17) is 4.74 Å². The van der Waals surface area contributed by atoms with Crippen LogP contribution in [-0.4, -0.2) is 25.7 Å². The monoisotopic (exact) mass is 229 g/mol. The molecule has 2 unspecified atom stereocenters. The molecule has 0 radical (unpaired) electrons. The molecule has 1 N–H and O–H groups in total. The van der Waals surface area contributed by atoms with Crippen LogP contribution in [0.5, 0.6) is 0 Å². The Balaban J connectivity index is 3.85. The third-order valence-corrected chi connectivity index (χ3v) is 2.86. The summed E-state index contributed by atoms with van der Waals surface area (Å²) in [6.07, 6.45) is 6.07. The van der Waals surface area contributed by atoms with E-state index in [1.54, 1.807) is 0 Å². The van der Waals surface area contributed by atoms with Crippen molar-refractivity contribution in [1.82, 2.24) is 5.32 Å². The lowest BCUT2D eigenvalue weighted by molar-refractivity contribution is -0.144. The maximum atomic E-state index is 11.2. The molecule has 16 heavy (non-hydrogen) atoms. The van der Waals surface area contributed by atoms with E-state index < -0.39 is 0 Å². The van der Waals surface area contributed by atoms with Crippen LogP contribution >= 0.6 is 0 Å². The number of hydrogen-bond donors (Lipinski definition) is 1. The Morgan fingerprint density at radius 3 is 2.44 bits per heavy atom. The molecule has 3 nitrogen and oxygen atoms in total. The van der Waals surface area contributed by atoms with Crippen molar-refractivity contribution >= 4 is 5.97 Å². The summed E-state index contributed by atoms with van der Waals surface area (Å²) in [5.74, 6) is -0.177. The van der Waals surface area contributed by atoms with E-state index in [0.717, 1.165) is 6.54 Å². The Morgan fingerprint density at radius 1 is 1.25 bits per heavy atom. The Bertz CT molecular complexity index is 183. The third kappa shape index (κ3) is 6.83. The minimum atomic E-state index is -0.127. The lowest BCUT2D eigenvalue weighted by Gasteiger charge is -2.19. The molecular weight excluding hydrogens is 202 g/mol. The summed E-state index contributed by atoms with van der Waals surface area (Å²) in [6, 6.07) is 0.553. The van der Waals surface area contributed by atoms with Crippen molar-refractivity contribution in [3.8, 4) is 0 Å². The molecule has 0 aliphatic carbocycles. The van der Waals surface area contributed by atoms with Crippen molar-refractivity contribution in [1.29, 1.82) is 0 Å². The van der Waals surface area contributed by atoms with Crippen LogP contribution in [-0.2, 0) is 9.53 Å². The van der Waals surface area contributed by atoms with Crippen LogP contribution in [0.2, 0.25) is 0 Å². The Hall–Kier alpha value is -0.570. The Morgan fingerprint density at radius 2 is 1.94 bits per heavy atom. The quantitative estimate of drug-likeness (QED) is 0.618. The summed E-state index contributed by atoms with van der Waals surface area (Å²) in [7, 11) is 1.44. The highest BCUT2D eigenvalue weighted by molar-refractivity contribution is 5.72. The molecule has 0 aromatic carbocycles. The fourth-order valence-electron chi connectivity index (χ4n) is 1.78. The first-order chi connectivity index (χ1) is 7.65. The summed E-state index contributed by atoms with van der Waals surface area (Å²) >= 11 is 0. The SMILES string of the molecule is CCCCC(CCC)NCC(C)C(=O)OC. The van der Waals surface area contributed by atoms with Crippen molar-refractivity contribution in [2.45, 2.75) is 58.9 Å². The average molecular weight is 229 g/mol. The van der Waals surface area contributed by atoms with Gasteiger partial charge in [-0.2, -0.15) is 0 Å². The van der Waals surface area contributed by atoms with E-state index in [1.807, 2.05) is 6.92 Å². The minimum absolute atomic E-state index is 0.0500. The van der Waals surface area contributed by atoms with Crippen LogP contribution in [0.4, 0.5) is 0 Å². The molecule has 0 aliphatic heterocycles. The smallest absolute Gasteiger partial charge is 0.309 e. The number of hydrogen-bond acceptors (Lipinski definition) is 3. The second kappa shape index (κ2) is 9.64. The summed E-state index contributed by atoms with van der Waals surface area (Å²) < 4.78 is 4.71. The van der Waals surface area contributed by atoms with Crippen molar-refractivity contribution in [2.24, 2.45) is 5.92 Å². The molecule has 96 valence electrons. The number of rotatable bonds is 9. The summed E-state index contributed by atoms with van der Waals surface area (Å²) in [4.78, 5) is 11.2. The van der Waals surface area contributed by atoms with Gasteiger partial charge in [0.05, 0.1) is 13.0 Å². The first-order valence-corrected chi connectivity index (χ1v) is 6.46. The highest BCUT2D eigenvalue weighted by atomic mass is 16.5. The highest BCUT2D eigenvalue weighted by Gasteiger charge is 2.14. The van der Waals surface area contributed by atoms with Crippen molar-refractivity contribution in [3.05, 3.63) is 0 Å². The number of esters is 1. The van der Waals surface area contributed by atoms with Gasteiger partial charge in [0.1, 0.15) is 0 Å². The van der Waals surface area contributed by atoms with E-state index >= 15 is 0 Å². The van der Waals surface area contributed by atoms with E-state index in [1.165, 1.54) is 39.2 Å². The first kappa shape index (κ1) is 15.4. The molecule has 0 saturated heterocycles. The van der Waals surface area contributed by atoms with Crippen LogP contribution in [0.15, 0.2) is 0 Å². The fourth-order valence-corrected chi connectivity index (χ4v) is 1.78. The molecule has 0 heterocycles. The second-order valence-corrected chi connectivity index (χ2v) is 4.46. The molecule has 0 bridgehead atoms. The minimum Gasteiger partial charge on any atom is -0.469 e. The lowest BCUT2D eigenvalue weighted by Crippen LogP contribution is -2.35. The van der Waals surface area contributed by atoms with E-state index in [9.17, 15) is 4.79 Å². The summed E-state index contributed by atoms with van der Waals surface area (Å²) in [5, 5.41) is 3.47. The van der Waals surface area contributed by atoms with Gasteiger partial charge >= 0.3 is 5.97 Å². The van der Waals surface area contributed by atoms with Crippen LogP contribution in [0.1, 0.15) is 52.9 Å². The van der Waals surface area contributed by atoms with Gasteiger partial charge in [-0.15, -0.1) is 0 Å². The van der Waals surface area contributed by atoms with Gasteiger partial charge in [0.2, 0.25) is 0 Å². The summed E-state index contributed by atoms with van der Waals surface area (Å²) in [6.45, 7) is 7.03. The van der Waals surface area contributed by atoms with Crippen LogP contribution in [0, 0.1) is 5.92 Å². The maximum Gasteiger partial charge on any atom is 0.309 e. The van der Waals surface area contributed by atoms with Crippen molar-refractivity contribution in [3.63, 3.8) is 0 Å². The molecule has 0 fully saturated rings. The zero-order valence-corrected chi connectivity index (χ0v) is 11.2. The fraction of sp³-hybridized carbons (Fsp3) is 0.923. The second-order valence-electron chi connectivity index (χ2n) is 4.46. The van der Waals surface area contributed by atoms with Gasteiger partial charge in [-0.05, 0) is 12.8 Å². The van der Waals surface area contributed by atoms with Gasteiger partial charge in [0.25, 0.3) is 0 Å². The zero-order valence-electron chi connectivity index (χ0n) is 11.2. The summed E-state index contributed by atoms with van der Waals surface area (Å²) in [5.41, 5.74) is 0. The largest absolute Gasteiger partial charge is 0.469 e. The molecule has 0 saturated carbocycles. The molecule has 3 heteroatoms. The molecule has 0 amide bonds. The zero-order chi connectivity index (χ0) is 12.4. The number of methoxy groups -OCH3 is 1. The number of nitrogens with one attached hydrogen (secondary N) is 1. The molecular formula is C13H27NO2.